The third kappa shape index (κ3) is 5.51. The largest absolute Gasteiger partial charge is 0.469 e. The van der Waals surface area contributed by atoms with Gasteiger partial charge in [0.1, 0.15) is 0 Å². The van der Waals surface area contributed by atoms with Crippen molar-refractivity contribution in [2.45, 2.75) is 49.6 Å². The Morgan fingerprint density at radius 1 is 1.10 bits per heavy atom. The van der Waals surface area contributed by atoms with E-state index in [0.29, 0.717) is 12.1 Å². The number of esters is 1. The molecule has 0 aromatic heterocycles. The highest BCUT2D eigenvalue weighted by molar-refractivity contribution is 7.89. The zero-order chi connectivity index (χ0) is 22.4. The normalized spacial score (nSPS) is 18.2. The molecule has 0 saturated carbocycles. The molecular formula is C23H28N2O5S. The predicted molar refractivity (Wildman–Crippen MR) is 117 cm³/mol. The van der Waals surface area contributed by atoms with Gasteiger partial charge >= 0.3 is 5.97 Å². The highest BCUT2D eigenvalue weighted by Gasteiger charge is 2.31. The molecule has 2 aromatic carbocycles. The number of rotatable bonds is 7. The van der Waals surface area contributed by atoms with Crippen LogP contribution in [0.2, 0.25) is 0 Å². The number of hydrogen-bond acceptors (Lipinski definition) is 5. The van der Waals surface area contributed by atoms with Crippen molar-refractivity contribution in [2.24, 2.45) is 0 Å². The van der Waals surface area contributed by atoms with Gasteiger partial charge in [0.15, 0.2) is 0 Å². The number of carbonyl (C=O) groups excluding carboxylic acids is 2. The molecule has 8 heteroatoms. The van der Waals surface area contributed by atoms with Crippen LogP contribution in [-0.4, -0.2) is 44.3 Å². The van der Waals surface area contributed by atoms with Crippen molar-refractivity contribution in [1.82, 2.24) is 9.62 Å². The molecule has 1 fully saturated rings. The van der Waals surface area contributed by atoms with Gasteiger partial charge in [0.05, 0.1) is 24.5 Å². The van der Waals surface area contributed by atoms with Crippen molar-refractivity contribution in [1.29, 1.82) is 0 Å². The lowest BCUT2D eigenvalue weighted by Gasteiger charge is -2.32. The van der Waals surface area contributed by atoms with Crippen LogP contribution in [0, 0.1) is 0 Å². The standard InChI is InChI=1S/C23H28N2O5S/c1-17-8-6-7-15-25(17)31(28,29)20-13-11-19(12-14-20)23(27)24-21(16-22(26)30-2)18-9-4-3-5-10-18/h3-5,9-14,17,21H,6-8,15-16H2,1-2H3,(H,24,27). The van der Waals surface area contributed by atoms with Crippen LogP contribution in [0.5, 0.6) is 0 Å². The van der Waals surface area contributed by atoms with Gasteiger partial charge in [0.2, 0.25) is 10.0 Å². The molecule has 0 radical (unpaired) electrons. The van der Waals surface area contributed by atoms with Gasteiger partial charge in [-0.3, -0.25) is 9.59 Å². The van der Waals surface area contributed by atoms with E-state index in [4.69, 9.17) is 4.74 Å². The topological polar surface area (TPSA) is 92.8 Å². The molecule has 1 saturated heterocycles. The average Bonchev–Trinajstić information content (AvgIpc) is 2.79. The lowest BCUT2D eigenvalue weighted by Crippen LogP contribution is -2.41. The second-order valence-corrected chi connectivity index (χ2v) is 9.59. The summed E-state index contributed by atoms with van der Waals surface area (Å²) in [6.07, 6.45) is 2.72. The molecule has 3 rings (SSSR count). The molecule has 1 aliphatic heterocycles. The van der Waals surface area contributed by atoms with Gasteiger partial charge in [-0.2, -0.15) is 4.31 Å². The van der Waals surface area contributed by atoms with Gasteiger partial charge in [-0.1, -0.05) is 36.8 Å². The van der Waals surface area contributed by atoms with E-state index in [1.54, 1.807) is 0 Å². The van der Waals surface area contributed by atoms with Crippen LogP contribution in [0.1, 0.15) is 54.6 Å². The van der Waals surface area contributed by atoms with E-state index in [-0.39, 0.29) is 17.4 Å². The fraction of sp³-hybridized carbons (Fsp3) is 0.391. The highest BCUT2D eigenvalue weighted by atomic mass is 32.2. The zero-order valence-corrected chi connectivity index (χ0v) is 18.6. The number of benzene rings is 2. The number of ether oxygens (including phenoxy) is 1. The first-order valence-electron chi connectivity index (χ1n) is 10.4. The molecule has 1 amide bonds. The number of nitrogens with one attached hydrogen (secondary N) is 1. The molecule has 1 aliphatic rings. The second kappa shape index (κ2) is 10.1. The molecule has 166 valence electrons. The Balaban J connectivity index is 1.76. The summed E-state index contributed by atoms with van der Waals surface area (Å²) in [6.45, 7) is 2.43. The Bertz CT molecular complexity index is 1010. The Labute approximate surface area is 183 Å². The number of methoxy groups -OCH3 is 1. The molecule has 2 atom stereocenters. The van der Waals surface area contributed by atoms with Crippen molar-refractivity contribution in [3.05, 3.63) is 65.7 Å². The first-order chi connectivity index (χ1) is 14.8. The molecule has 0 spiro atoms. The number of sulfonamides is 1. The van der Waals surface area contributed by atoms with Crippen LogP contribution in [0.25, 0.3) is 0 Å². The number of carbonyl (C=O) groups is 2. The smallest absolute Gasteiger partial charge is 0.307 e. The SMILES string of the molecule is COC(=O)CC(NC(=O)c1ccc(S(=O)(=O)N2CCCCC2C)cc1)c1ccccc1. The average molecular weight is 445 g/mol. The van der Waals surface area contributed by atoms with Gasteiger partial charge in [-0.25, -0.2) is 8.42 Å². The summed E-state index contributed by atoms with van der Waals surface area (Å²) in [5.41, 5.74) is 1.09. The second-order valence-electron chi connectivity index (χ2n) is 7.70. The van der Waals surface area contributed by atoms with Crippen molar-refractivity contribution in [3.63, 3.8) is 0 Å². The lowest BCUT2D eigenvalue weighted by molar-refractivity contribution is -0.141. The van der Waals surface area contributed by atoms with Gasteiger partial charge < -0.3 is 10.1 Å². The van der Waals surface area contributed by atoms with Crippen molar-refractivity contribution < 1.29 is 22.7 Å². The molecule has 0 aliphatic carbocycles. The maximum atomic E-state index is 13.0. The first-order valence-corrected chi connectivity index (χ1v) is 11.8. The molecule has 31 heavy (non-hydrogen) atoms. The van der Waals surface area contributed by atoms with Crippen LogP contribution < -0.4 is 5.32 Å². The van der Waals surface area contributed by atoms with Crippen molar-refractivity contribution in [3.8, 4) is 0 Å². The number of hydrogen-bond donors (Lipinski definition) is 1. The minimum Gasteiger partial charge on any atom is -0.469 e. The van der Waals surface area contributed by atoms with Crippen molar-refractivity contribution >= 4 is 21.9 Å². The van der Waals surface area contributed by atoms with E-state index < -0.39 is 27.9 Å². The summed E-state index contributed by atoms with van der Waals surface area (Å²) >= 11 is 0. The minimum atomic E-state index is -3.60. The Morgan fingerprint density at radius 2 is 1.77 bits per heavy atom. The minimum absolute atomic E-state index is 0.00837. The highest BCUT2D eigenvalue weighted by Crippen LogP contribution is 2.25. The molecular weight excluding hydrogens is 416 g/mol. The van der Waals surface area contributed by atoms with Crippen LogP contribution in [0.15, 0.2) is 59.5 Å². The van der Waals surface area contributed by atoms with E-state index in [1.165, 1.54) is 35.7 Å². The third-order valence-electron chi connectivity index (χ3n) is 5.57. The summed E-state index contributed by atoms with van der Waals surface area (Å²) in [5, 5.41) is 2.84. The zero-order valence-electron chi connectivity index (χ0n) is 17.8. The van der Waals surface area contributed by atoms with Crippen LogP contribution in [0.3, 0.4) is 0 Å². The maximum absolute atomic E-state index is 13.0. The Morgan fingerprint density at radius 3 is 2.39 bits per heavy atom. The van der Waals surface area contributed by atoms with E-state index in [2.05, 4.69) is 5.32 Å². The number of amides is 1. The van der Waals surface area contributed by atoms with Gasteiger partial charge in [0, 0.05) is 18.2 Å². The molecule has 0 bridgehead atoms. The molecule has 1 N–H and O–H groups in total. The van der Waals surface area contributed by atoms with Crippen LogP contribution >= 0.6 is 0 Å². The fourth-order valence-corrected chi connectivity index (χ4v) is 5.47. The number of piperidine rings is 1. The molecule has 2 aromatic rings. The van der Waals surface area contributed by atoms with Gasteiger partial charge in [-0.15, -0.1) is 0 Å². The van der Waals surface area contributed by atoms with E-state index >= 15 is 0 Å². The summed E-state index contributed by atoms with van der Waals surface area (Å²) in [6, 6.07) is 14.5. The van der Waals surface area contributed by atoms with Crippen LogP contribution in [-0.2, 0) is 19.6 Å². The summed E-state index contributed by atoms with van der Waals surface area (Å²) in [5.74, 6) is -0.834. The van der Waals surface area contributed by atoms with Gasteiger partial charge in [0.25, 0.3) is 5.91 Å². The molecule has 1 heterocycles. The van der Waals surface area contributed by atoms with E-state index in [0.717, 1.165) is 24.8 Å². The lowest BCUT2D eigenvalue weighted by atomic mass is 10.0. The Hall–Kier alpha value is -2.71. The Kier molecular flexibility index (Phi) is 7.46. The number of nitrogens with zero attached hydrogens (tertiary/aromatic N) is 1. The maximum Gasteiger partial charge on any atom is 0.307 e. The van der Waals surface area contributed by atoms with Crippen molar-refractivity contribution in [2.75, 3.05) is 13.7 Å². The molecule has 7 nitrogen and oxygen atoms in total. The van der Waals surface area contributed by atoms with E-state index in [9.17, 15) is 18.0 Å². The monoisotopic (exact) mass is 444 g/mol. The van der Waals surface area contributed by atoms with E-state index in [1.807, 2.05) is 37.3 Å². The van der Waals surface area contributed by atoms with Crippen LogP contribution in [0.4, 0.5) is 0 Å². The predicted octanol–water partition coefficient (Wildman–Crippen LogP) is 3.28. The summed E-state index contributed by atoms with van der Waals surface area (Å²) < 4.78 is 32.2. The van der Waals surface area contributed by atoms with Gasteiger partial charge in [-0.05, 0) is 49.6 Å². The summed E-state index contributed by atoms with van der Waals surface area (Å²) in [4.78, 5) is 24.8. The fourth-order valence-electron chi connectivity index (χ4n) is 3.77. The first kappa shape index (κ1) is 23.0. The molecule has 2 unspecified atom stereocenters. The third-order valence-corrected chi connectivity index (χ3v) is 7.60. The summed E-state index contributed by atoms with van der Waals surface area (Å²) in [7, 11) is -2.30. The quantitative estimate of drug-likeness (QED) is 0.662.